The first-order chi connectivity index (χ1) is 9.08. The average molecular weight is 262 g/mol. The highest BCUT2D eigenvalue weighted by molar-refractivity contribution is 5.96. The summed E-state index contributed by atoms with van der Waals surface area (Å²) < 4.78 is 0. The Bertz CT molecular complexity index is 519. The van der Waals surface area contributed by atoms with Crippen molar-refractivity contribution in [1.29, 1.82) is 0 Å². The minimum atomic E-state index is -0.766. The summed E-state index contributed by atoms with van der Waals surface area (Å²) in [5.41, 5.74) is 1.56. The molecular weight excluding hydrogens is 244 g/mol. The van der Waals surface area contributed by atoms with E-state index < -0.39 is 11.9 Å². The van der Waals surface area contributed by atoms with Gasteiger partial charge in [0.2, 0.25) is 0 Å². The van der Waals surface area contributed by atoms with Crippen LogP contribution in [-0.4, -0.2) is 40.0 Å². The molecule has 5 heteroatoms. The van der Waals surface area contributed by atoms with E-state index in [0.29, 0.717) is 24.6 Å². The predicted octanol–water partition coefficient (Wildman–Crippen LogP) is 1.51. The van der Waals surface area contributed by atoms with Crippen molar-refractivity contribution in [3.63, 3.8) is 0 Å². The summed E-state index contributed by atoms with van der Waals surface area (Å²) in [6.07, 6.45) is 5.70. The van der Waals surface area contributed by atoms with Crippen molar-refractivity contribution in [3.05, 3.63) is 23.5 Å². The van der Waals surface area contributed by atoms with Crippen LogP contribution in [-0.2, 0) is 4.79 Å². The third kappa shape index (κ3) is 2.13. The first kappa shape index (κ1) is 12.3. The number of nitrogens with one attached hydrogen (secondary N) is 1. The van der Waals surface area contributed by atoms with Crippen LogP contribution in [0.25, 0.3) is 0 Å². The highest BCUT2D eigenvalue weighted by Gasteiger charge is 2.47. The number of H-pyrrole nitrogens is 1. The number of carboxylic acids is 1. The van der Waals surface area contributed by atoms with Gasteiger partial charge < -0.3 is 15.0 Å². The molecule has 19 heavy (non-hydrogen) atoms. The maximum atomic E-state index is 12.4. The number of aromatic amines is 1. The molecule has 1 aliphatic heterocycles. The first-order valence-corrected chi connectivity index (χ1v) is 6.73. The minimum absolute atomic E-state index is 0.0480. The predicted molar refractivity (Wildman–Crippen MR) is 68.8 cm³/mol. The van der Waals surface area contributed by atoms with E-state index in [-0.39, 0.29) is 11.8 Å². The maximum absolute atomic E-state index is 12.4. The number of carbonyl (C=O) groups excluding carboxylic acids is 1. The van der Waals surface area contributed by atoms with Crippen molar-refractivity contribution in [3.8, 4) is 0 Å². The summed E-state index contributed by atoms with van der Waals surface area (Å²) >= 11 is 0. The van der Waals surface area contributed by atoms with Crippen LogP contribution in [0, 0.1) is 24.7 Å². The van der Waals surface area contributed by atoms with Gasteiger partial charge in [-0.15, -0.1) is 0 Å². The second kappa shape index (κ2) is 4.40. The number of amides is 1. The molecule has 2 atom stereocenters. The van der Waals surface area contributed by atoms with Crippen LogP contribution in [0.3, 0.4) is 0 Å². The molecule has 2 aliphatic rings. The fourth-order valence-electron chi connectivity index (χ4n) is 3.10. The van der Waals surface area contributed by atoms with Crippen molar-refractivity contribution in [1.82, 2.24) is 9.88 Å². The van der Waals surface area contributed by atoms with Gasteiger partial charge >= 0.3 is 5.97 Å². The molecule has 2 N–H and O–H groups in total. The number of aromatic nitrogens is 1. The highest BCUT2D eigenvalue weighted by Crippen LogP contribution is 2.44. The van der Waals surface area contributed by atoms with Gasteiger partial charge in [0.25, 0.3) is 5.91 Å². The van der Waals surface area contributed by atoms with Gasteiger partial charge in [-0.25, -0.2) is 0 Å². The molecule has 2 fully saturated rings. The second-order valence-corrected chi connectivity index (χ2v) is 5.71. The summed E-state index contributed by atoms with van der Waals surface area (Å²) in [5, 5.41) is 9.30. The summed E-state index contributed by atoms with van der Waals surface area (Å²) in [7, 11) is 0. The molecular formula is C14H18N2O3. The largest absolute Gasteiger partial charge is 0.481 e. The zero-order chi connectivity index (χ0) is 13.6. The Morgan fingerprint density at radius 3 is 2.58 bits per heavy atom. The summed E-state index contributed by atoms with van der Waals surface area (Å²) in [6, 6.07) is 0. The molecule has 0 radical (unpaired) electrons. The van der Waals surface area contributed by atoms with E-state index in [0.717, 1.165) is 18.4 Å². The Hall–Kier alpha value is -1.78. The van der Waals surface area contributed by atoms with Crippen LogP contribution >= 0.6 is 0 Å². The van der Waals surface area contributed by atoms with Crippen molar-refractivity contribution in [2.45, 2.75) is 19.8 Å². The second-order valence-electron chi connectivity index (χ2n) is 5.71. The molecule has 0 aromatic carbocycles. The number of aryl methyl sites for hydroxylation is 1. The van der Waals surface area contributed by atoms with Crippen molar-refractivity contribution in [2.24, 2.45) is 17.8 Å². The van der Waals surface area contributed by atoms with Crippen molar-refractivity contribution < 1.29 is 14.7 Å². The van der Waals surface area contributed by atoms with Gasteiger partial charge in [0.15, 0.2) is 0 Å². The lowest BCUT2D eigenvalue weighted by Crippen LogP contribution is -2.30. The molecule has 5 nitrogen and oxygen atoms in total. The van der Waals surface area contributed by atoms with Gasteiger partial charge in [0.05, 0.1) is 11.5 Å². The fourth-order valence-corrected chi connectivity index (χ4v) is 3.10. The highest BCUT2D eigenvalue weighted by atomic mass is 16.4. The van der Waals surface area contributed by atoms with Crippen LogP contribution in [0.5, 0.6) is 0 Å². The van der Waals surface area contributed by atoms with Crippen molar-refractivity contribution >= 4 is 11.9 Å². The van der Waals surface area contributed by atoms with E-state index in [4.69, 9.17) is 0 Å². The number of nitrogens with zero attached hydrogens (tertiary/aromatic N) is 1. The summed E-state index contributed by atoms with van der Waals surface area (Å²) in [5.74, 6) is -0.561. The number of aliphatic carboxylic acids is 1. The molecule has 0 spiro atoms. The van der Waals surface area contributed by atoms with Crippen LogP contribution < -0.4 is 0 Å². The molecule has 1 saturated carbocycles. The standard InChI is InChI=1S/C14H18N2O3/c1-8-4-15-5-10(8)13(17)16-6-11(9-2-3-9)12(7-16)14(18)19/h4-5,9,11-12,15H,2-3,6-7H2,1H3,(H,18,19)/t11-,12+/m1/s1. The average Bonchev–Trinajstić information content (AvgIpc) is 2.97. The van der Waals surface area contributed by atoms with Gasteiger partial charge in [-0.3, -0.25) is 9.59 Å². The molecule has 3 rings (SSSR count). The molecule has 1 saturated heterocycles. The number of likely N-dealkylation sites (tertiary alicyclic amines) is 1. The van der Waals surface area contributed by atoms with E-state index in [1.807, 2.05) is 6.92 Å². The Labute approximate surface area is 111 Å². The zero-order valence-corrected chi connectivity index (χ0v) is 10.9. The number of hydrogen-bond acceptors (Lipinski definition) is 2. The molecule has 2 heterocycles. The Balaban J connectivity index is 1.78. The molecule has 0 unspecified atom stereocenters. The fraction of sp³-hybridized carbons (Fsp3) is 0.571. The molecule has 102 valence electrons. The molecule has 1 aliphatic carbocycles. The third-order valence-electron chi connectivity index (χ3n) is 4.38. The van der Waals surface area contributed by atoms with E-state index in [1.165, 1.54) is 0 Å². The minimum Gasteiger partial charge on any atom is -0.481 e. The molecule has 1 aromatic heterocycles. The SMILES string of the molecule is Cc1c[nH]cc1C(=O)N1C[C@H](C(=O)O)[C@@H](C2CC2)C1. The van der Waals surface area contributed by atoms with Crippen LogP contribution in [0.4, 0.5) is 0 Å². The lowest BCUT2D eigenvalue weighted by Gasteiger charge is -2.16. The van der Waals surface area contributed by atoms with Gasteiger partial charge in [-0.2, -0.15) is 0 Å². The molecule has 1 aromatic rings. The van der Waals surface area contributed by atoms with Crippen molar-refractivity contribution in [2.75, 3.05) is 13.1 Å². The molecule has 0 bridgehead atoms. The van der Waals surface area contributed by atoms with Gasteiger partial charge in [-0.05, 0) is 37.2 Å². The lowest BCUT2D eigenvalue weighted by molar-refractivity contribution is -0.142. The number of hydrogen-bond donors (Lipinski definition) is 2. The van der Waals surface area contributed by atoms with Crippen LogP contribution in [0.2, 0.25) is 0 Å². The third-order valence-corrected chi connectivity index (χ3v) is 4.38. The summed E-state index contributed by atoms with van der Waals surface area (Å²) in [4.78, 5) is 28.3. The topological polar surface area (TPSA) is 73.4 Å². The first-order valence-electron chi connectivity index (χ1n) is 6.73. The van der Waals surface area contributed by atoms with Gasteiger partial charge in [0.1, 0.15) is 0 Å². The number of carboxylic acid groups (broad SMARTS) is 1. The van der Waals surface area contributed by atoms with Gasteiger partial charge in [-0.1, -0.05) is 0 Å². The van der Waals surface area contributed by atoms with E-state index in [9.17, 15) is 14.7 Å². The quantitative estimate of drug-likeness (QED) is 0.867. The van der Waals surface area contributed by atoms with Crippen LogP contribution in [0.15, 0.2) is 12.4 Å². The van der Waals surface area contributed by atoms with E-state index >= 15 is 0 Å². The maximum Gasteiger partial charge on any atom is 0.308 e. The summed E-state index contributed by atoms with van der Waals surface area (Å²) in [6.45, 7) is 2.82. The Morgan fingerprint density at radius 1 is 1.32 bits per heavy atom. The lowest BCUT2D eigenvalue weighted by atomic mass is 9.92. The number of rotatable bonds is 3. The van der Waals surface area contributed by atoms with E-state index in [1.54, 1.807) is 17.3 Å². The van der Waals surface area contributed by atoms with Gasteiger partial charge in [0, 0.05) is 25.5 Å². The Morgan fingerprint density at radius 2 is 2.05 bits per heavy atom. The number of carbonyl (C=O) groups is 2. The normalized spacial score (nSPS) is 26.7. The van der Waals surface area contributed by atoms with Crippen LogP contribution in [0.1, 0.15) is 28.8 Å². The zero-order valence-electron chi connectivity index (χ0n) is 10.9. The smallest absolute Gasteiger partial charge is 0.308 e. The van der Waals surface area contributed by atoms with E-state index in [2.05, 4.69) is 4.98 Å². The monoisotopic (exact) mass is 262 g/mol. The Kier molecular flexibility index (Phi) is 2.84. The molecule has 1 amide bonds.